The highest BCUT2D eigenvalue weighted by atomic mass is 16.2. The van der Waals surface area contributed by atoms with Crippen LogP contribution in [0.15, 0.2) is 24.3 Å². The minimum atomic E-state index is -0.426. The Labute approximate surface area is 118 Å². The summed E-state index contributed by atoms with van der Waals surface area (Å²) in [5, 5.41) is 3.31. The van der Waals surface area contributed by atoms with E-state index in [1.54, 1.807) is 4.90 Å². The van der Waals surface area contributed by atoms with E-state index >= 15 is 0 Å². The van der Waals surface area contributed by atoms with E-state index in [0.29, 0.717) is 13.0 Å². The van der Waals surface area contributed by atoms with Crippen molar-refractivity contribution in [3.63, 3.8) is 0 Å². The predicted octanol–water partition coefficient (Wildman–Crippen LogP) is 1.06. The van der Waals surface area contributed by atoms with Crippen LogP contribution < -0.4 is 11.1 Å². The summed E-state index contributed by atoms with van der Waals surface area (Å²) in [6.07, 6.45) is 2.30. The number of nitrogens with zero attached hydrogens (tertiary/aromatic N) is 1. The van der Waals surface area contributed by atoms with Crippen LogP contribution in [0, 0.1) is 0 Å². The molecule has 1 saturated heterocycles. The van der Waals surface area contributed by atoms with Gasteiger partial charge in [0.25, 0.3) is 0 Å². The molecule has 0 radical (unpaired) electrons. The molecule has 1 aromatic carbocycles. The van der Waals surface area contributed by atoms with E-state index in [9.17, 15) is 9.59 Å². The standard InChI is InChI=1S/C15H19N3O2/c16-14(19)13-6-3-9-18(13)15(20)11-7-8-17-12-5-2-1-4-10(11)12/h1-2,4-5,11,13,17H,3,6-9H2,(H2,16,19). The maximum atomic E-state index is 12.8. The number of hydrogen-bond acceptors (Lipinski definition) is 3. The molecule has 0 aliphatic carbocycles. The number of rotatable bonds is 2. The van der Waals surface area contributed by atoms with Crippen molar-refractivity contribution in [3.05, 3.63) is 29.8 Å². The van der Waals surface area contributed by atoms with Gasteiger partial charge in [-0.3, -0.25) is 9.59 Å². The number of nitrogens with two attached hydrogens (primary N) is 1. The van der Waals surface area contributed by atoms with E-state index < -0.39 is 11.9 Å². The zero-order valence-corrected chi connectivity index (χ0v) is 11.3. The maximum Gasteiger partial charge on any atom is 0.240 e. The lowest BCUT2D eigenvalue weighted by Gasteiger charge is -2.31. The summed E-state index contributed by atoms with van der Waals surface area (Å²) in [5.41, 5.74) is 7.45. The Bertz CT molecular complexity index is 544. The van der Waals surface area contributed by atoms with E-state index in [0.717, 1.165) is 30.6 Å². The van der Waals surface area contributed by atoms with Crippen LogP contribution >= 0.6 is 0 Å². The van der Waals surface area contributed by atoms with E-state index in [2.05, 4.69) is 5.32 Å². The van der Waals surface area contributed by atoms with Crippen LogP contribution in [0.4, 0.5) is 5.69 Å². The number of amides is 2. The molecule has 0 bridgehead atoms. The lowest BCUT2D eigenvalue weighted by molar-refractivity contribution is -0.138. The summed E-state index contributed by atoms with van der Waals surface area (Å²) < 4.78 is 0. The Hall–Kier alpha value is -2.04. The van der Waals surface area contributed by atoms with Crippen molar-refractivity contribution < 1.29 is 9.59 Å². The topological polar surface area (TPSA) is 75.4 Å². The van der Waals surface area contributed by atoms with Gasteiger partial charge in [0.1, 0.15) is 6.04 Å². The molecule has 5 heteroatoms. The number of carbonyl (C=O) groups is 2. The zero-order valence-electron chi connectivity index (χ0n) is 11.3. The van der Waals surface area contributed by atoms with Crippen LogP contribution in [0.2, 0.25) is 0 Å². The molecule has 2 atom stereocenters. The first-order chi connectivity index (χ1) is 9.68. The molecule has 106 valence electrons. The van der Waals surface area contributed by atoms with Crippen LogP contribution in [0.1, 0.15) is 30.7 Å². The van der Waals surface area contributed by atoms with Gasteiger partial charge in [-0.15, -0.1) is 0 Å². The minimum Gasteiger partial charge on any atom is -0.385 e. The average Bonchev–Trinajstić information content (AvgIpc) is 2.95. The maximum absolute atomic E-state index is 12.8. The summed E-state index contributed by atoms with van der Waals surface area (Å²) in [6, 6.07) is 7.45. The van der Waals surface area contributed by atoms with Gasteiger partial charge in [0.05, 0.1) is 5.92 Å². The molecule has 1 aromatic rings. The van der Waals surface area contributed by atoms with Crippen molar-refractivity contribution >= 4 is 17.5 Å². The van der Waals surface area contributed by atoms with E-state index in [-0.39, 0.29) is 11.8 Å². The van der Waals surface area contributed by atoms with Gasteiger partial charge in [-0.2, -0.15) is 0 Å². The first-order valence-corrected chi connectivity index (χ1v) is 7.11. The zero-order chi connectivity index (χ0) is 14.1. The number of nitrogens with one attached hydrogen (secondary N) is 1. The molecule has 0 spiro atoms. The Kier molecular flexibility index (Phi) is 3.34. The van der Waals surface area contributed by atoms with Crippen LogP contribution in [0.25, 0.3) is 0 Å². The number of fused-ring (bicyclic) bond motifs is 1. The van der Waals surface area contributed by atoms with Gasteiger partial charge in [-0.1, -0.05) is 18.2 Å². The molecular weight excluding hydrogens is 254 g/mol. The molecule has 0 aromatic heterocycles. The number of benzene rings is 1. The second kappa shape index (κ2) is 5.15. The largest absolute Gasteiger partial charge is 0.385 e. The number of likely N-dealkylation sites (tertiary alicyclic amines) is 1. The fourth-order valence-electron chi connectivity index (χ4n) is 3.25. The van der Waals surface area contributed by atoms with Crippen LogP contribution in [0.3, 0.4) is 0 Å². The summed E-state index contributed by atoms with van der Waals surface area (Å²) in [4.78, 5) is 25.9. The number of carbonyl (C=O) groups excluding carboxylic acids is 2. The highest BCUT2D eigenvalue weighted by molar-refractivity contribution is 5.91. The highest BCUT2D eigenvalue weighted by Crippen LogP contribution is 2.34. The third kappa shape index (κ3) is 2.13. The van der Waals surface area contributed by atoms with Gasteiger partial charge in [0.15, 0.2) is 0 Å². The van der Waals surface area contributed by atoms with Crippen molar-refractivity contribution in [2.45, 2.75) is 31.2 Å². The predicted molar refractivity (Wildman–Crippen MR) is 76.2 cm³/mol. The monoisotopic (exact) mass is 273 g/mol. The fourth-order valence-corrected chi connectivity index (χ4v) is 3.25. The SMILES string of the molecule is NC(=O)C1CCCN1C(=O)C1CCNc2ccccc21. The molecule has 2 unspecified atom stereocenters. The van der Waals surface area contributed by atoms with Gasteiger partial charge in [-0.25, -0.2) is 0 Å². The molecule has 0 saturated carbocycles. The van der Waals surface area contributed by atoms with Crippen molar-refractivity contribution in [2.24, 2.45) is 5.73 Å². The highest BCUT2D eigenvalue weighted by Gasteiger charge is 2.37. The number of para-hydroxylation sites is 1. The second-order valence-electron chi connectivity index (χ2n) is 5.45. The summed E-state index contributed by atoms with van der Waals surface area (Å²) >= 11 is 0. The molecule has 2 heterocycles. The van der Waals surface area contributed by atoms with E-state index in [1.165, 1.54) is 0 Å². The van der Waals surface area contributed by atoms with Crippen LogP contribution in [-0.4, -0.2) is 35.8 Å². The number of primary amides is 1. The molecule has 20 heavy (non-hydrogen) atoms. The third-order valence-corrected chi connectivity index (χ3v) is 4.25. The van der Waals surface area contributed by atoms with Gasteiger partial charge in [0.2, 0.25) is 11.8 Å². The quantitative estimate of drug-likeness (QED) is 0.846. The summed E-state index contributed by atoms with van der Waals surface area (Å²) in [6.45, 7) is 1.42. The molecule has 3 N–H and O–H groups in total. The van der Waals surface area contributed by atoms with Crippen molar-refractivity contribution in [3.8, 4) is 0 Å². The van der Waals surface area contributed by atoms with Crippen LogP contribution in [-0.2, 0) is 9.59 Å². The fraction of sp³-hybridized carbons (Fsp3) is 0.467. The lowest BCUT2D eigenvalue weighted by Crippen LogP contribution is -2.46. The van der Waals surface area contributed by atoms with Gasteiger partial charge in [-0.05, 0) is 30.9 Å². The molecule has 3 rings (SSSR count). The Balaban J connectivity index is 1.87. The second-order valence-corrected chi connectivity index (χ2v) is 5.45. The third-order valence-electron chi connectivity index (χ3n) is 4.25. The smallest absolute Gasteiger partial charge is 0.240 e. The minimum absolute atomic E-state index is 0.0419. The first-order valence-electron chi connectivity index (χ1n) is 7.11. The Morgan fingerprint density at radius 3 is 2.85 bits per heavy atom. The van der Waals surface area contributed by atoms with Crippen LogP contribution in [0.5, 0.6) is 0 Å². The van der Waals surface area contributed by atoms with Gasteiger partial charge >= 0.3 is 0 Å². The van der Waals surface area contributed by atoms with Gasteiger partial charge < -0.3 is 16.0 Å². The number of anilines is 1. The summed E-state index contributed by atoms with van der Waals surface area (Å²) in [5.74, 6) is -0.509. The first kappa shape index (κ1) is 13.0. The van der Waals surface area contributed by atoms with Crippen molar-refractivity contribution in [2.75, 3.05) is 18.4 Å². The normalized spacial score (nSPS) is 24.9. The Morgan fingerprint density at radius 1 is 1.25 bits per heavy atom. The molecule has 2 aliphatic rings. The molecule has 5 nitrogen and oxygen atoms in total. The van der Waals surface area contributed by atoms with E-state index in [4.69, 9.17) is 5.73 Å². The number of hydrogen-bond donors (Lipinski definition) is 2. The molecule has 2 aliphatic heterocycles. The molecular formula is C15H19N3O2. The average molecular weight is 273 g/mol. The Morgan fingerprint density at radius 2 is 2.05 bits per heavy atom. The van der Waals surface area contributed by atoms with E-state index in [1.807, 2.05) is 24.3 Å². The summed E-state index contributed by atoms with van der Waals surface area (Å²) in [7, 11) is 0. The van der Waals surface area contributed by atoms with Gasteiger partial charge in [0, 0.05) is 18.8 Å². The van der Waals surface area contributed by atoms with Crippen molar-refractivity contribution in [1.82, 2.24) is 4.90 Å². The molecule has 2 amide bonds. The van der Waals surface area contributed by atoms with Crippen molar-refractivity contribution in [1.29, 1.82) is 0 Å². The molecule has 1 fully saturated rings. The lowest BCUT2D eigenvalue weighted by atomic mass is 9.89.